The highest BCUT2D eigenvalue weighted by atomic mass is 15.0. The molecule has 0 saturated heterocycles. The zero-order valence-electron chi connectivity index (χ0n) is 9.73. The molecule has 3 rings (SSSR count). The number of aromatic amines is 1. The van der Waals surface area contributed by atoms with Gasteiger partial charge in [-0.15, -0.1) is 0 Å². The van der Waals surface area contributed by atoms with Crippen LogP contribution < -0.4 is 5.32 Å². The minimum absolute atomic E-state index is 0.338. The largest absolute Gasteiger partial charge is 0.367 e. The molecule has 0 aliphatic carbocycles. The van der Waals surface area contributed by atoms with Crippen molar-refractivity contribution in [3.05, 3.63) is 24.8 Å². The van der Waals surface area contributed by atoms with E-state index in [1.807, 2.05) is 12.1 Å². The molecule has 0 aliphatic rings. The molecule has 0 amide bonds. The first kappa shape index (κ1) is 10.0. The van der Waals surface area contributed by atoms with E-state index in [1.54, 1.807) is 12.7 Å². The summed E-state index contributed by atoms with van der Waals surface area (Å²) in [6, 6.07) is 4.34. The predicted molar refractivity (Wildman–Crippen MR) is 67.9 cm³/mol. The quantitative estimate of drug-likeness (QED) is 0.705. The molecule has 17 heavy (non-hydrogen) atoms. The maximum Gasteiger partial charge on any atom is 0.137 e. The van der Waals surface area contributed by atoms with Crippen LogP contribution in [0, 0.1) is 0 Å². The Bertz CT molecular complexity index is 671. The molecule has 0 saturated carbocycles. The number of H-pyrrole nitrogens is 1. The van der Waals surface area contributed by atoms with Crippen LogP contribution in [-0.2, 0) is 0 Å². The first-order valence-electron chi connectivity index (χ1n) is 5.58. The lowest BCUT2D eigenvalue weighted by Crippen LogP contribution is -2.11. The number of hydrogen-bond donors (Lipinski definition) is 2. The van der Waals surface area contributed by atoms with Crippen molar-refractivity contribution < 1.29 is 0 Å². The van der Waals surface area contributed by atoms with Gasteiger partial charge >= 0.3 is 0 Å². The third-order valence-corrected chi connectivity index (χ3v) is 2.60. The number of anilines is 1. The molecule has 5 nitrogen and oxygen atoms in total. The fraction of sp³-hybridized carbons (Fsp3) is 0.250. The molecule has 0 unspecified atom stereocenters. The minimum Gasteiger partial charge on any atom is -0.367 e. The maximum atomic E-state index is 4.28. The average molecular weight is 227 g/mol. The summed E-state index contributed by atoms with van der Waals surface area (Å²) < 4.78 is 0. The number of imidazole rings is 1. The van der Waals surface area contributed by atoms with Gasteiger partial charge in [0.2, 0.25) is 0 Å². The van der Waals surface area contributed by atoms with Gasteiger partial charge in [-0.1, -0.05) is 0 Å². The first-order chi connectivity index (χ1) is 8.24. The molecule has 3 aromatic rings. The summed E-state index contributed by atoms with van der Waals surface area (Å²) in [7, 11) is 0. The molecule has 0 spiro atoms. The molecule has 0 aliphatic heterocycles. The van der Waals surface area contributed by atoms with Crippen molar-refractivity contribution in [3.63, 3.8) is 0 Å². The Morgan fingerprint density at radius 2 is 2.00 bits per heavy atom. The number of fused-ring (bicyclic) bond motifs is 2. The van der Waals surface area contributed by atoms with Gasteiger partial charge in [-0.25, -0.2) is 15.0 Å². The van der Waals surface area contributed by atoms with E-state index in [4.69, 9.17) is 0 Å². The molecule has 1 aromatic carbocycles. The van der Waals surface area contributed by atoms with Crippen molar-refractivity contribution in [1.29, 1.82) is 0 Å². The normalized spacial score (nSPS) is 11.5. The molecule has 2 aromatic heterocycles. The van der Waals surface area contributed by atoms with Crippen LogP contribution in [0.15, 0.2) is 24.8 Å². The highest BCUT2D eigenvalue weighted by molar-refractivity contribution is 5.98. The van der Waals surface area contributed by atoms with Crippen LogP contribution in [0.4, 0.5) is 5.82 Å². The molecule has 2 heterocycles. The van der Waals surface area contributed by atoms with E-state index in [0.717, 1.165) is 27.8 Å². The number of nitrogens with one attached hydrogen (secondary N) is 2. The maximum absolute atomic E-state index is 4.28. The fourth-order valence-corrected chi connectivity index (χ4v) is 1.87. The second kappa shape index (κ2) is 3.69. The van der Waals surface area contributed by atoms with Crippen LogP contribution in [0.1, 0.15) is 13.8 Å². The highest BCUT2D eigenvalue weighted by Crippen LogP contribution is 2.23. The zero-order valence-corrected chi connectivity index (χ0v) is 9.73. The van der Waals surface area contributed by atoms with Gasteiger partial charge in [0.15, 0.2) is 0 Å². The zero-order chi connectivity index (χ0) is 11.8. The van der Waals surface area contributed by atoms with E-state index < -0.39 is 0 Å². The Morgan fingerprint density at radius 1 is 1.12 bits per heavy atom. The highest BCUT2D eigenvalue weighted by Gasteiger charge is 2.07. The lowest BCUT2D eigenvalue weighted by Gasteiger charge is -2.10. The van der Waals surface area contributed by atoms with E-state index in [9.17, 15) is 0 Å². The smallest absolute Gasteiger partial charge is 0.137 e. The molecule has 86 valence electrons. The van der Waals surface area contributed by atoms with Crippen LogP contribution in [0.25, 0.3) is 21.9 Å². The Labute approximate surface area is 98.3 Å². The van der Waals surface area contributed by atoms with Gasteiger partial charge in [0.05, 0.1) is 22.9 Å². The monoisotopic (exact) mass is 227 g/mol. The Kier molecular flexibility index (Phi) is 2.18. The van der Waals surface area contributed by atoms with Gasteiger partial charge in [-0.3, -0.25) is 0 Å². The summed E-state index contributed by atoms with van der Waals surface area (Å²) in [6.07, 6.45) is 3.26. The second-order valence-electron chi connectivity index (χ2n) is 4.31. The van der Waals surface area contributed by atoms with Crippen LogP contribution >= 0.6 is 0 Å². The minimum atomic E-state index is 0.338. The third-order valence-electron chi connectivity index (χ3n) is 2.60. The molecule has 5 heteroatoms. The fourth-order valence-electron chi connectivity index (χ4n) is 1.87. The number of hydrogen-bond acceptors (Lipinski definition) is 4. The van der Waals surface area contributed by atoms with E-state index >= 15 is 0 Å². The lowest BCUT2D eigenvalue weighted by atomic mass is 10.2. The van der Waals surface area contributed by atoms with Crippen molar-refractivity contribution in [2.75, 3.05) is 5.32 Å². The summed E-state index contributed by atoms with van der Waals surface area (Å²) >= 11 is 0. The number of rotatable bonds is 2. The van der Waals surface area contributed by atoms with Crippen LogP contribution in [0.3, 0.4) is 0 Å². The van der Waals surface area contributed by atoms with Gasteiger partial charge in [0.25, 0.3) is 0 Å². The number of aromatic nitrogens is 4. The van der Waals surface area contributed by atoms with E-state index in [2.05, 4.69) is 39.1 Å². The number of benzene rings is 1. The van der Waals surface area contributed by atoms with E-state index in [0.29, 0.717) is 6.04 Å². The number of nitrogens with zero attached hydrogens (tertiary/aromatic N) is 3. The standard InChI is InChI=1S/C12H13N5/c1-7(2)17-12-8-3-10-11(15-5-14-10)4-9(8)13-6-16-12/h3-7H,1-2H3,(H,14,15)(H,13,16,17). The van der Waals surface area contributed by atoms with Crippen LogP contribution in [0.5, 0.6) is 0 Å². The molecule has 0 fully saturated rings. The van der Waals surface area contributed by atoms with Crippen molar-refractivity contribution in [2.45, 2.75) is 19.9 Å². The van der Waals surface area contributed by atoms with Crippen molar-refractivity contribution in [3.8, 4) is 0 Å². The van der Waals surface area contributed by atoms with Gasteiger partial charge in [0, 0.05) is 11.4 Å². The van der Waals surface area contributed by atoms with E-state index in [1.165, 1.54) is 0 Å². The second-order valence-corrected chi connectivity index (χ2v) is 4.31. The Hall–Kier alpha value is -2.17. The summed E-state index contributed by atoms with van der Waals surface area (Å²) in [4.78, 5) is 15.9. The Balaban J connectivity index is 2.28. The summed E-state index contributed by atoms with van der Waals surface area (Å²) in [5.41, 5.74) is 2.83. The molecular weight excluding hydrogens is 214 g/mol. The predicted octanol–water partition coefficient (Wildman–Crippen LogP) is 2.33. The summed E-state index contributed by atoms with van der Waals surface area (Å²) in [5.74, 6) is 0.863. The topological polar surface area (TPSA) is 66.5 Å². The van der Waals surface area contributed by atoms with Gasteiger partial charge < -0.3 is 10.3 Å². The van der Waals surface area contributed by atoms with E-state index in [-0.39, 0.29) is 0 Å². The van der Waals surface area contributed by atoms with Gasteiger partial charge in [0.1, 0.15) is 12.1 Å². The molecule has 0 bridgehead atoms. The summed E-state index contributed by atoms with van der Waals surface area (Å²) in [6.45, 7) is 4.17. The third kappa shape index (κ3) is 1.69. The first-order valence-corrected chi connectivity index (χ1v) is 5.58. The molecule has 0 atom stereocenters. The van der Waals surface area contributed by atoms with Crippen molar-refractivity contribution in [2.24, 2.45) is 0 Å². The molecular formula is C12H13N5. The SMILES string of the molecule is CC(C)Nc1ncnc2cc3nc[nH]c3cc12. The van der Waals surface area contributed by atoms with Gasteiger partial charge in [-0.05, 0) is 26.0 Å². The summed E-state index contributed by atoms with van der Waals surface area (Å²) in [5, 5.41) is 4.33. The molecule has 2 N–H and O–H groups in total. The van der Waals surface area contributed by atoms with Crippen LogP contribution in [0.2, 0.25) is 0 Å². The lowest BCUT2D eigenvalue weighted by molar-refractivity contribution is 0.890. The molecule has 0 radical (unpaired) electrons. The Morgan fingerprint density at radius 3 is 2.82 bits per heavy atom. The van der Waals surface area contributed by atoms with Crippen molar-refractivity contribution >= 4 is 27.8 Å². The van der Waals surface area contributed by atoms with Gasteiger partial charge in [-0.2, -0.15) is 0 Å². The van der Waals surface area contributed by atoms with Crippen molar-refractivity contribution in [1.82, 2.24) is 19.9 Å². The van der Waals surface area contributed by atoms with Crippen LogP contribution in [-0.4, -0.2) is 26.0 Å². The average Bonchev–Trinajstić information content (AvgIpc) is 2.73.